The lowest BCUT2D eigenvalue weighted by Crippen LogP contribution is -2.35. The average Bonchev–Trinajstić information content (AvgIpc) is 2.38. The zero-order chi connectivity index (χ0) is 14.7. The van der Waals surface area contributed by atoms with Crippen LogP contribution in [0.5, 0.6) is 17.2 Å². The second kappa shape index (κ2) is 6.05. The van der Waals surface area contributed by atoms with E-state index in [1.165, 1.54) is 0 Å². The molecule has 0 aliphatic carbocycles. The Kier molecular flexibility index (Phi) is 4.39. The number of benzene rings is 1. The molecular formula is C13H17BO6. The molecule has 108 valence electrons. The number of fused-ring (bicyclic) bond motifs is 1. The van der Waals surface area contributed by atoms with Gasteiger partial charge < -0.3 is 24.3 Å². The lowest BCUT2D eigenvalue weighted by Gasteiger charge is -2.25. The molecule has 0 unspecified atom stereocenters. The SMILES string of the molecule is CCCCOc1cc(C)c2c(c1C(=O)O)OB(O)CO2. The van der Waals surface area contributed by atoms with E-state index in [1.54, 1.807) is 13.0 Å². The van der Waals surface area contributed by atoms with Gasteiger partial charge in [0.2, 0.25) is 0 Å². The first kappa shape index (κ1) is 14.5. The first-order chi connectivity index (χ1) is 9.54. The molecule has 20 heavy (non-hydrogen) atoms. The lowest BCUT2D eigenvalue weighted by atomic mass is 9.90. The van der Waals surface area contributed by atoms with E-state index in [0.29, 0.717) is 17.9 Å². The van der Waals surface area contributed by atoms with E-state index in [9.17, 15) is 14.9 Å². The first-order valence-electron chi connectivity index (χ1n) is 6.55. The highest BCUT2D eigenvalue weighted by Gasteiger charge is 2.33. The van der Waals surface area contributed by atoms with Gasteiger partial charge in [0.15, 0.2) is 11.5 Å². The molecular weight excluding hydrogens is 263 g/mol. The highest BCUT2D eigenvalue weighted by atomic mass is 16.6. The fraction of sp³-hybridized carbons (Fsp3) is 0.462. The quantitative estimate of drug-likeness (QED) is 0.630. The van der Waals surface area contributed by atoms with E-state index in [1.807, 2.05) is 6.92 Å². The average molecular weight is 280 g/mol. The minimum absolute atomic E-state index is 0.0249. The van der Waals surface area contributed by atoms with Gasteiger partial charge in [0.05, 0.1) is 6.61 Å². The van der Waals surface area contributed by atoms with Crippen molar-refractivity contribution < 1.29 is 29.1 Å². The number of carboxylic acid groups (broad SMARTS) is 1. The molecule has 0 aromatic heterocycles. The summed E-state index contributed by atoms with van der Waals surface area (Å²) >= 11 is 0. The highest BCUT2D eigenvalue weighted by Crippen LogP contribution is 2.42. The number of aryl methyl sites for hydroxylation is 1. The van der Waals surface area contributed by atoms with Crippen molar-refractivity contribution in [3.8, 4) is 17.2 Å². The summed E-state index contributed by atoms with van der Waals surface area (Å²) < 4.78 is 16.1. The normalized spacial score (nSPS) is 13.2. The first-order valence-corrected chi connectivity index (χ1v) is 6.55. The van der Waals surface area contributed by atoms with Gasteiger partial charge in [-0.25, -0.2) is 4.79 Å². The summed E-state index contributed by atoms with van der Waals surface area (Å²) in [6.07, 6.45) is 1.78. The van der Waals surface area contributed by atoms with Gasteiger partial charge in [-0.2, -0.15) is 0 Å². The molecule has 1 aromatic rings. The third-order valence-corrected chi connectivity index (χ3v) is 2.98. The molecule has 0 atom stereocenters. The van der Waals surface area contributed by atoms with Gasteiger partial charge in [-0.3, -0.25) is 0 Å². The zero-order valence-electron chi connectivity index (χ0n) is 11.5. The number of ether oxygens (including phenoxy) is 2. The minimum atomic E-state index is -1.18. The molecule has 0 fully saturated rings. The van der Waals surface area contributed by atoms with Gasteiger partial charge in [-0.05, 0) is 25.0 Å². The van der Waals surface area contributed by atoms with Crippen LogP contribution in [0.15, 0.2) is 6.07 Å². The van der Waals surface area contributed by atoms with Crippen molar-refractivity contribution in [1.82, 2.24) is 0 Å². The van der Waals surface area contributed by atoms with Crippen LogP contribution in [0.1, 0.15) is 35.7 Å². The fourth-order valence-electron chi connectivity index (χ4n) is 2.00. The monoisotopic (exact) mass is 280 g/mol. The van der Waals surface area contributed by atoms with Crippen LogP contribution in [0.3, 0.4) is 0 Å². The second-order valence-corrected chi connectivity index (χ2v) is 4.62. The Morgan fingerprint density at radius 1 is 1.50 bits per heavy atom. The van der Waals surface area contributed by atoms with E-state index in [4.69, 9.17) is 14.1 Å². The van der Waals surface area contributed by atoms with Crippen LogP contribution in [0, 0.1) is 6.92 Å². The van der Waals surface area contributed by atoms with E-state index >= 15 is 0 Å². The Bertz CT molecular complexity index is 516. The molecule has 0 spiro atoms. The standard InChI is InChI=1S/C13H17BO6/c1-3-4-5-18-9-6-8(2)11-12(10(9)13(15)16)20-14(17)7-19-11/h6,17H,3-5,7H2,1-2H3,(H,15,16). The van der Waals surface area contributed by atoms with Gasteiger partial charge in [-0.15, -0.1) is 0 Å². The Morgan fingerprint density at radius 2 is 2.25 bits per heavy atom. The van der Waals surface area contributed by atoms with E-state index < -0.39 is 13.1 Å². The summed E-state index contributed by atoms with van der Waals surface area (Å²) in [7, 11) is -1.18. The van der Waals surface area contributed by atoms with Gasteiger partial charge >= 0.3 is 13.1 Å². The predicted molar refractivity (Wildman–Crippen MR) is 72.6 cm³/mol. The molecule has 2 N–H and O–H groups in total. The van der Waals surface area contributed by atoms with Crippen LogP contribution in [-0.2, 0) is 0 Å². The number of carboxylic acids is 1. The second-order valence-electron chi connectivity index (χ2n) is 4.62. The largest absolute Gasteiger partial charge is 0.563 e. The van der Waals surface area contributed by atoms with Gasteiger partial charge in [-0.1, -0.05) is 13.3 Å². The Hall–Kier alpha value is -1.89. The van der Waals surface area contributed by atoms with Gasteiger partial charge in [0, 0.05) is 0 Å². The molecule has 1 aromatic carbocycles. The van der Waals surface area contributed by atoms with Crippen molar-refractivity contribution in [2.75, 3.05) is 13.1 Å². The lowest BCUT2D eigenvalue weighted by molar-refractivity contribution is 0.0688. The summed E-state index contributed by atoms with van der Waals surface area (Å²) in [5, 5.41) is 18.8. The predicted octanol–water partition coefficient (Wildman–Crippen LogP) is 1.66. The maximum atomic E-state index is 11.4. The number of hydrogen-bond donors (Lipinski definition) is 2. The minimum Gasteiger partial charge on any atom is -0.531 e. The van der Waals surface area contributed by atoms with E-state index in [-0.39, 0.29) is 23.6 Å². The van der Waals surface area contributed by atoms with Crippen molar-refractivity contribution in [2.24, 2.45) is 0 Å². The Morgan fingerprint density at radius 3 is 2.90 bits per heavy atom. The van der Waals surface area contributed by atoms with Crippen molar-refractivity contribution in [3.05, 3.63) is 17.2 Å². The Labute approximate surface area is 117 Å². The third kappa shape index (κ3) is 2.82. The van der Waals surface area contributed by atoms with Crippen molar-refractivity contribution in [1.29, 1.82) is 0 Å². The van der Waals surface area contributed by atoms with Crippen LogP contribution < -0.4 is 14.1 Å². The Balaban J connectivity index is 2.44. The van der Waals surface area contributed by atoms with Crippen LogP contribution >= 0.6 is 0 Å². The summed E-state index contributed by atoms with van der Waals surface area (Å²) in [4.78, 5) is 11.4. The molecule has 0 saturated carbocycles. The summed E-state index contributed by atoms with van der Waals surface area (Å²) in [6.45, 7) is 4.20. The smallest absolute Gasteiger partial charge is 0.531 e. The van der Waals surface area contributed by atoms with Crippen LogP contribution in [0.25, 0.3) is 0 Å². The number of hydrogen-bond acceptors (Lipinski definition) is 5. The molecule has 1 heterocycles. The number of rotatable bonds is 5. The molecule has 0 saturated heterocycles. The molecule has 0 radical (unpaired) electrons. The topological polar surface area (TPSA) is 85.2 Å². The van der Waals surface area contributed by atoms with Crippen molar-refractivity contribution in [3.63, 3.8) is 0 Å². The molecule has 0 amide bonds. The summed E-state index contributed by atoms with van der Waals surface area (Å²) in [5.74, 6) is -0.566. The van der Waals surface area contributed by atoms with Crippen LogP contribution in [0.4, 0.5) is 0 Å². The molecule has 1 aliphatic heterocycles. The van der Waals surface area contributed by atoms with Crippen LogP contribution in [0.2, 0.25) is 0 Å². The molecule has 6 nitrogen and oxygen atoms in total. The molecule has 2 rings (SSSR count). The molecule has 0 bridgehead atoms. The third-order valence-electron chi connectivity index (χ3n) is 2.98. The van der Waals surface area contributed by atoms with Gasteiger partial charge in [0.25, 0.3) is 0 Å². The summed E-state index contributed by atoms with van der Waals surface area (Å²) in [6, 6.07) is 1.62. The van der Waals surface area contributed by atoms with Crippen molar-refractivity contribution >= 4 is 13.1 Å². The molecule has 1 aliphatic rings. The summed E-state index contributed by atoms with van der Waals surface area (Å²) in [5.41, 5.74) is 0.601. The van der Waals surface area contributed by atoms with Crippen LogP contribution in [-0.4, -0.2) is 36.3 Å². The van der Waals surface area contributed by atoms with E-state index in [0.717, 1.165) is 12.8 Å². The number of aromatic carboxylic acids is 1. The zero-order valence-corrected chi connectivity index (χ0v) is 11.5. The van der Waals surface area contributed by atoms with Gasteiger partial charge in [0.1, 0.15) is 17.8 Å². The number of unbranched alkanes of at least 4 members (excludes halogenated alkanes) is 1. The molecule has 7 heteroatoms. The maximum absolute atomic E-state index is 11.4. The number of carbonyl (C=O) groups is 1. The van der Waals surface area contributed by atoms with Crippen molar-refractivity contribution in [2.45, 2.75) is 26.7 Å². The maximum Gasteiger partial charge on any atom is 0.563 e. The highest BCUT2D eigenvalue weighted by molar-refractivity contribution is 6.44. The van der Waals surface area contributed by atoms with E-state index in [2.05, 4.69) is 0 Å². The fourth-order valence-corrected chi connectivity index (χ4v) is 2.00.